The zero-order chi connectivity index (χ0) is 20.1. The number of nitrogens with one attached hydrogen (secondary N) is 2. The van der Waals surface area contributed by atoms with Crippen LogP contribution in [0.25, 0.3) is 11.3 Å². The van der Waals surface area contributed by atoms with Gasteiger partial charge < -0.3 is 10.3 Å². The maximum absolute atomic E-state index is 12.5. The van der Waals surface area contributed by atoms with Gasteiger partial charge in [0.2, 0.25) is 5.91 Å². The number of benzene rings is 2. The normalized spacial score (nSPS) is 11.5. The van der Waals surface area contributed by atoms with Gasteiger partial charge in [0.15, 0.2) is 5.16 Å². The molecule has 7 heteroatoms. The van der Waals surface area contributed by atoms with Crippen LogP contribution in [0.1, 0.15) is 18.1 Å². The van der Waals surface area contributed by atoms with E-state index in [1.54, 1.807) is 19.1 Å². The van der Waals surface area contributed by atoms with Crippen LogP contribution in [0.3, 0.4) is 0 Å². The molecule has 3 aromatic rings. The number of aryl methyl sites for hydroxylation is 1. The summed E-state index contributed by atoms with van der Waals surface area (Å²) < 4.78 is 0. The second-order valence-electron chi connectivity index (χ2n) is 6.14. The molecule has 2 N–H and O–H groups in total. The topological polar surface area (TPSA) is 98.6 Å². The molecule has 6 nitrogen and oxygen atoms in total. The van der Waals surface area contributed by atoms with E-state index in [4.69, 9.17) is 0 Å². The largest absolute Gasteiger partial charge is 0.325 e. The molecule has 140 valence electrons. The summed E-state index contributed by atoms with van der Waals surface area (Å²) in [6.07, 6.45) is 0. The Bertz CT molecular complexity index is 1100. The van der Waals surface area contributed by atoms with Crippen LogP contribution in [0.15, 0.2) is 64.5 Å². The molecule has 1 atom stereocenters. The second kappa shape index (κ2) is 8.55. The third-order valence-corrected chi connectivity index (χ3v) is 5.10. The highest BCUT2D eigenvalue weighted by molar-refractivity contribution is 8.00. The highest BCUT2D eigenvalue weighted by atomic mass is 32.2. The molecule has 2 aromatic carbocycles. The van der Waals surface area contributed by atoms with Crippen LogP contribution in [0, 0.1) is 18.3 Å². The molecule has 3 rings (SSSR count). The SMILES string of the molecule is Cc1ccccc1NC(=O)[C@H](C)Sc1nc(-c2ccccc2)c(C#N)c(=O)[nH]1. The number of nitriles is 1. The molecule has 1 amide bonds. The van der Waals surface area contributed by atoms with Crippen LogP contribution in [0.5, 0.6) is 0 Å². The van der Waals surface area contributed by atoms with Crippen molar-refractivity contribution in [3.63, 3.8) is 0 Å². The third kappa shape index (κ3) is 4.30. The van der Waals surface area contributed by atoms with E-state index >= 15 is 0 Å². The average Bonchev–Trinajstić information content (AvgIpc) is 2.70. The average molecular weight is 390 g/mol. The minimum atomic E-state index is -0.523. The van der Waals surface area contributed by atoms with Gasteiger partial charge in [-0.15, -0.1) is 0 Å². The van der Waals surface area contributed by atoms with Crippen molar-refractivity contribution < 1.29 is 4.79 Å². The summed E-state index contributed by atoms with van der Waals surface area (Å²) in [6.45, 7) is 3.65. The lowest BCUT2D eigenvalue weighted by atomic mass is 10.1. The molecular formula is C21H18N4O2S. The molecular weight excluding hydrogens is 372 g/mol. The number of para-hydroxylation sites is 1. The lowest BCUT2D eigenvalue weighted by Crippen LogP contribution is -2.24. The molecule has 0 spiro atoms. The van der Waals surface area contributed by atoms with Crippen LogP contribution >= 0.6 is 11.8 Å². The van der Waals surface area contributed by atoms with Gasteiger partial charge in [0.1, 0.15) is 11.6 Å². The van der Waals surface area contributed by atoms with Gasteiger partial charge in [-0.2, -0.15) is 5.26 Å². The van der Waals surface area contributed by atoms with Crippen LogP contribution in [-0.4, -0.2) is 21.1 Å². The Labute approximate surface area is 166 Å². The molecule has 0 saturated heterocycles. The maximum atomic E-state index is 12.5. The number of nitrogens with zero attached hydrogens (tertiary/aromatic N) is 2. The third-order valence-electron chi connectivity index (χ3n) is 4.12. The number of hydrogen-bond donors (Lipinski definition) is 2. The Hall–Kier alpha value is -3.37. The predicted molar refractivity (Wildman–Crippen MR) is 110 cm³/mol. The molecule has 0 bridgehead atoms. The first-order valence-corrected chi connectivity index (χ1v) is 9.50. The Morgan fingerprint density at radius 3 is 2.54 bits per heavy atom. The Morgan fingerprint density at radius 1 is 1.18 bits per heavy atom. The zero-order valence-electron chi connectivity index (χ0n) is 15.4. The number of amides is 1. The van der Waals surface area contributed by atoms with E-state index < -0.39 is 10.8 Å². The van der Waals surface area contributed by atoms with Crippen molar-refractivity contribution >= 4 is 23.4 Å². The van der Waals surface area contributed by atoms with Crippen molar-refractivity contribution in [2.45, 2.75) is 24.3 Å². The van der Waals surface area contributed by atoms with Gasteiger partial charge in [0, 0.05) is 11.3 Å². The monoisotopic (exact) mass is 390 g/mol. The van der Waals surface area contributed by atoms with Crippen molar-refractivity contribution in [3.05, 3.63) is 76.1 Å². The van der Waals surface area contributed by atoms with Crippen LogP contribution in [-0.2, 0) is 4.79 Å². The first-order valence-electron chi connectivity index (χ1n) is 8.62. The standard InChI is InChI=1S/C21H18N4O2S/c1-13-8-6-7-11-17(13)23-19(26)14(2)28-21-24-18(15-9-4-3-5-10-15)16(12-22)20(27)25-21/h3-11,14H,1-2H3,(H,23,26)(H,24,25,27)/t14-/m0/s1. The number of hydrogen-bond acceptors (Lipinski definition) is 5. The number of aromatic amines is 1. The number of carbonyl (C=O) groups excluding carboxylic acids is 1. The summed E-state index contributed by atoms with van der Waals surface area (Å²) in [4.78, 5) is 31.9. The van der Waals surface area contributed by atoms with Crippen molar-refractivity contribution in [1.82, 2.24) is 9.97 Å². The van der Waals surface area contributed by atoms with Crippen molar-refractivity contribution in [3.8, 4) is 17.3 Å². The summed E-state index contributed by atoms with van der Waals surface area (Å²) in [5.41, 5.74) is 2.11. The summed E-state index contributed by atoms with van der Waals surface area (Å²) in [7, 11) is 0. The number of aromatic nitrogens is 2. The number of carbonyl (C=O) groups is 1. The molecule has 1 aromatic heterocycles. The zero-order valence-corrected chi connectivity index (χ0v) is 16.2. The molecule has 0 aliphatic rings. The molecule has 0 fully saturated rings. The Kier molecular flexibility index (Phi) is 5.92. The van der Waals surface area contributed by atoms with Gasteiger partial charge in [0.05, 0.1) is 10.9 Å². The van der Waals surface area contributed by atoms with Gasteiger partial charge in [-0.1, -0.05) is 60.3 Å². The van der Waals surface area contributed by atoms with E-state index in [0.29, 0.717) is 11.3 Å². The molecule has 0 radical (unpaired) electrons. The number of anilines is 1. The van der Waals surface area contributed by atoms with Crippen molar-refractivity contribution in [2.75, 3.05) is 5.32 Å². The molecule has 28 heavy (non-hydrogen) atoms. The van der Waals surface area contributed by atoms with E-state index in [-0.39, 0.29) is 16.6 Å². The number of H-pyrrole nitrogens is 1. The van der Waals surface area contributed by atoms with Gasteiger partial charge >= 0.3 is 0 Å². The van der Waals surface area contributed by atoms with Crippen molar-refractivity contribution in [1.29, 1.82) is 5.26 Å². The smallest absolute Gasteiger partial charge is 0.270 e. The predicted octanol–water partition coefficient (Wildman–Crippen LogP) is 3.74. The lowest BCUT2D eigenvalue weighted by molar-refractivity contribution is -0.115. The molecule has 0 aliphatic carbocycles. The summed E-state index contributed by atoms with van der Waals surface area (Å²) >= 11 is 1.13. The van der Waals surface area contributed by atoms with E-state index in [2.05, 4.69) is 15.3 Å². The fourth-order valence-corrected chi connectivity index (χ4v) is 3.38. The van der Waals surface area contributed by atoms with Crippen LogP contribution in [0.2, 0.25) is 0 Å². The second-order valence-corrected chi connectivity index (χ2v) is 7.47. The van der Waals surface area contributed by atoms with Gasteiger partial charge in [0.25, 0.3) is 5.56 Å². The van der Waals surface area contributed by atoms with Crippen LogP contribution < -0.4 is 10.9 Å². The first-order chi connectivity index (χ1) is 13.5. The molecule has 0 aliphatic heterocycles. The maximum Gasteiger partial charge on any atom is 0.270 e. The number of thioether (sulfide) groups is 1. The minimum absolute atomic E-state index is 0.0486. The molecule has 1 heterocycles. The van der Waals surface area contributed by atoms with E-state index in [0.717, 1.165) is 23.0 Å². The summed E-state index contributed by atoms with van der Waals surface area (Å²) in [5.74, 6) is -0.201. The van der Waals surface area contributed by atoms with Gasteiger partial charge in [-0.05, 0) is 25.5 Å². The lowest BCUT2D eigenvalue weighted by Gasteiger charge is -2.13. The highest BCUT2D eigenvalue weighted by Gasteiger charge is 2.19. The van der Waals surface area contributed by atoms with Crippen LogP contribution in [0.4, 0.5) is 5.69 Å². The summed E-state index contributed by atoms with van der Waals surface area (Å²) in [5, 5.41) is 12.0. The highest BCUT2D eigenvalue weighted by Crippen LogP contribution is 2.25. The Balaban J connectivity index is 1.85. The quantitative estimate of drug-likeness (QED) is 0.511. The van der Waals surface area contributed by atoms with Gasteiger partial charge in [-0.3, -0.25) is 9.59 Å². The number of rotatable bonds is 5. The van der Waals surface area contributed by atoms with E-state index in [9.17, 15) is 14.9 Å². The first kappa shape index (κ1) is 19.4. The fraction of sp³-hybridized carbons (Fsp3) is 0.143. The molecule has 0 saturated carbocycles. The minimum Gasteiger partial charge on any atom is -0.325 e. The molecule has 0 unspecified atom stereocenters. The Morgan fingerprint density at radius 2 is 1.86 bits per heavy atom. The fourth-order valence-electron chi connectivity index (χ4n) is 2.59. The van der Waals surface area contributed by atoms with Crippen molar-refractivity contribution in [2.24, 2.45) is 0 Å². The summed E-state index contributed by atoms with van der Waals surface area (Å²) in [6, 6.07) is 18.4. The van der Waals surface area contributed by atoms with E-state index in [1.807, 2.05) is 55.5 Å². The van der Waals surface area contributed by atoms with E-state index in [1.165, 1.54) is 0 Å². The van der Waals surface area contributed by atoms with Gasteiger partial charge in [-0.25, -0.2) is 4.98 Å².